The van der Waals surface area contributed by atoms with Gasteiger partial charge in [-0.2, -0.15) is 5.10 Å². The normalized spacial score (nSPS) is 12.4. The molecule has 0 aliphatic heterocycles. The fourth-order valence-electron chi connectivity index (χ4n) is 2.23. The molecule has 0 amide bonds. The molecule has 0 saturated heterocycles. The molecule has 1 atom stereocenters. The molecule has 0 spiro atoms. The molecule has 1 aromatic heterocycles. The zero-order valence-corrected chi connectivity index (χ0v) is 12.3. The molecule has 0 fully saturated rings. The number of aryl methyl sites for hydroxylation is 2. The number of nitrogens with zero attached hydrogens (tertiary/aromatic N) is 3. The lowest BCUT2D eigenvalue weighted by atomic mass is 10.0. The minimum absolute atomic E-state index is 0.110. The van der Waals surface area contributed by atoms with Crippen LogP contribution in [0.5, 0.6) is 5.75 Å². The van der Waals surface area contributed by atoms with E-state index in [0.717, 1.165) is 35.7 Å². The second kappa shape index (κ2) is 6.52. The Morgan fingerprint density at radius 1 is 1.40 bits per heavy atom. The average Bonchev–Trinajstić information content (AvgIpc) is 2.85. The van der Waals surface area contributed by atoms with Crippen LogP contribution < -0.4 is 10.5 Å². The fraction of sp³-hybridized carbons (Fsp3) is 0.467. The highest BCUT2D eigenvalue weighted by Gasteiger charge is 2.11. The van der Waals surface area contributed by atoms with Gasteiger partial charge in [0.15, 0.2) is 5.82 Å². The van der Waals surface area contributed by atoms with Crippen LogP contribution in [0.3, 0.4) is 0 Å². The summed E-state index contributed by atoms with van der Waals surface area (Å²) in [5.41, 5.74) is 8.16. The first-order valence-electron chi connectivity index (χ1n) is 6.95. The van der Waals surface area contributed by atoms with Gasteiger partial charge in [-0.15, -0.1) is 0 Å². The van der Waals surface area contributed by atoms with Crippen LogP contribution >= 0.6 is 0 Å². The van der Waals surface area contributed by atoms with E-state index >= 15 is 0 Å². The maximum Gasteiger partial charge on any atom is 0.164 e. The topological polar surface area (TPSA) is 66.0 Å². The highest BCUT2D eigenvalue weighted by atomic mass is 16.5. The predicted molar refractivity (Wildman–Crippen MR) is 78.6 cm³/mol. The molecule has 1 aromatic carbocycles. The molecule has 5 heteroatoms. The molecular weight excluding hydrogens is 252 g/mol. The smallest absolute Gasteiger partial charge is 0.164 e. The first kappa shape index (κ1) is 14.5. The first-order valence-corrected chi connectivity index (χ1v) is 6.95. The Kier molecular flexibility index (Phi) is 4.74. The van der Waals surface area contributed by atoms with Crippen molar-refractivity contribution in [3.05, 3.63) is 41.5 Å². The van der Waals surface area contributed by atoms with Gasteiger partial charge in [0.1, 0.15) is 18.7 Å². The predicted octanol–water partition coefficient (Wildman–Crippen LogP) is 2.08. The zero-order chi connectivity index (χ0) is 14.5. The molecule has 0 radical (unpaired) electrons. The van der Waals surface area contributed by atoms with E-state index in [0.29, 0.717) is 6.61 Å². The molecule has 20 heavy (non-hydrogen) atoms. The van der Waals surface area contributed by atoms with Crippen LogP contribution in [-0.4, -0.2) is 20.8 Å². The molecule has 5 nitrogen and oxygen atoms in total. The summed E-state index contributed by atoms with van der Waals surface area (Å²) in [7, 11) is 0. The highest BCUT2D eigenvalue weighted by molar-refractivity contribution is 5.41. The summed E-state index contributed by atoms with van der Waals surface area (Å²) in [6, 6.07) is 6.26. The van der Waals surface area contributed by atoms with Crippen LogP contribution in [-0.2, 0) is 19.6 Å². The van der Waals surface area contributed by atoms with Crippen molar-refractivity contribution in [2.75, 3.05) is 0 Å². The van der Waals surface area contributed by atoms with Gasteiger partial charge in [0.05, 0.1) is 0 Å². The van der Waals surface area contributed by atoms with Crippen molar-refractivity contribution in [3.8, 4) is 5.75 Å². The first-order chi connectivity index (χ1) is 9.61. The Morgan fingerprint density at radius 3 is 2.90 bits per heavy atom. The van der Waals surface area contributed by atoms with Gasteiger partial charge in [-0.3, -0.25) is 0 Å². The lowest BCUT2D eigenvalue weighted by Crippen LogP contribution is -2.18. The van der Waals surface area contributed by atoms with Gasteiger partial charge in [0.25, 0.3) is 0 Å². The van der Waals surface area contributed by atoms with Gasteiger partial charge in [0.2, 0.25) is 0 Å². The monoisotopic (exact) mass is 274 g/mol. The largest absolute Gasteiger partial charge is 0.485 e. The Bertz CT molecular complexity index is 563. The molecule has 2 N–H and O–H groups in total. The molecule has 0 saturated carbocycles. The number of nitrogens with two attached hydrogens (primary N) is 1. The third-order valence-corrected chi connectivity index (χ3v) is 3.18. The third kappa shape index (κ3) is 3.36. The fourth-order valence-corrected chi connectivity index (χ4v) is 2.23. The number of hydrogen-bond donors (Lipinski definition) is 1. The minimum Gasteiger partial charge on any atom is -0.485 e. The Hall–Kier alpha value is -1.88. The summed E-state index contributed by atoms with van der Waals surface area (Å²) in [5, 5.41) is 4.15. The minimum atomic E-state index is 0.110. The van der Waals surface area contributed by atoms with E-state index in [-0.39, 0.29) is 6.04 Å². The molecule has 1 heterocycles. The van der Waals surface area contributed by atoms with E-state index in [1.807, 2.05) is 37.6 Å². The maximum atomic E-state index is 5.98. The molecule has 108 valence electrons. The lowest BCUT2D eigenvalue weighted by molar-refractivity contribution is 0.282. The molecule has 1 unspecified atom stereocenters. The van der Waals surface area contributed by atoms with E-state index in [1.165, 1.54) is 0 Å². The second-order valence-corrected chi connectivity index (χ2v) is 5.03. The Labute approximate surface area is 119 Å². The Morgan fingerprint density at radius 2 is 2.20 bits per heavy atom. The number of para-hydroxylation sites is 1. The third-order valence-electron chi connectivity index (χ3n) is 3.18. The summed E-state index contributed by atoms with van der Waals surface area (Å²) in [4.78, 5) is 4.22. The van der Waals surface area contributed by atoms with Gasteiger partial charge in [-0.1, -0.05) is 18.2 Å². The highest BCUT2D eigenvalue weighted by Crippen LogP contribution is 2.25. The maximum absolute atomic E-state index is 5.98. The summed E-state index contributed by atoms with van der Waals surface area (Å²) in [6.07, 6.45) is 2.36. The van der Waals surface area contributed by atoms with Gasteiger partial charge in [-0.05, 0) is 38.3 Å². The van der Waals surface area contributed by atoms with Gasteiger partial charge in [0, 0.05) is 12.6 Å². The van der Waals surface area contributed by atoms with Crippen LogP contribution in [0.4, 0.5) is 0 Å². The van der Waals surface area contributed by atoms with E-state index in [2.05, 4.69) is 16.1 Å². The Balaban J connectivity index is 2.16. The van der Waals surface area contributed by atoms with Gasteiger partial charge >= 0.3 is 0 Å². The SMILES string of the molecule is CCn1ncnc1COc1c(C)cccc1CC(C)N. The lowest BCUT2D eigenvalue weighted by Gasteiger charge is -2.15. The summed E-state index contributed by atoms with van der Waals surface area (Å²) in [5.74, 6) is 1.75. The molecule has 2 aromatic rings. The van der Waals surface area contributed by atoms with Crippen LogP contribution in [0.2, 0.25) is 0 Å². The number of hydrogen-bond acceptors (Lipinski definition) is 4. The van der Waals surface area contributed by atoms with Crippen molar-refractivity contribution in [2.45, 2.75) is 46.4 Å². The standard InChI is InChI=1S/C15H22N4O/c1-4-19-14(17-10-18-19)9-20-15-11(2)6-5-7-13(15)8-12(3)16/h5-7,10,12H,4,8-9,16H2,1-3H3. The number of ether oxygens (including phenoxy) is 1. The van der Waals surface area contributed by atoms with Crippen molar-refractivity contribution in [1.82, 2.24) is 14.8 Å². The summed E-state index contributed by atoms with van der Waals surface area (Å²) >= 11 is 0. The molecule has 0 aliphatic rings. The molecule has 2 rings (SSSR count). The van der Waals surface area contributed by atoms with Crippen molar-refractivity contribution >= 4 is 0 Å². The number of rotatable bonds is 6. The van der Waals surface area contributed by atoms with Crippen LogP contribution in [0.1, 0.15) is 30.8 Å². The number of aromatic nitrogens is 3. The van der Waals surface area contributed by atoms with Crippen LogP contribution in [0.15, 0.2) is 24.5 Å². The van der Waals surface area contributed by atoms with Crippen molar-refractivity contribution in [3.63, 3.8) is 0 Å². The zero-order valence-electron chi connectivity index (χ0n) is 12.3. The summed E-state index contributed by atoms with van der Waals surface area (Å²) in [6.45, 7) is 7.29. The molecule has 0 aliphatic carbocycles. The van der Waals surface area contributed by atoms with E-state index < -0.39 is 0 Å². The quantitative estimate of drug-likeness (QED) is 0.875. The number of benzene rings is 1. The van der Waals surface area contributed by atoms with E-state index in [9.17, 15) is 0 Å². The van der Waals surface area contributed by atoms with Crippen molar-refractivity contribution in [2.24, 2.45) is 5.73 Å². The van der Waals surface area contributed by atoms with E-state index in [1.54, 1.807) is 6.33 Å². The van der Waals surface area contributed by atoms with Gasteiger partial charge < -0.3 is 10.5 Å². The van der Waals surface area contributed by atoms with Crippen LogP contribution in [0.25, 0.3) is 0 Å². The van der Waals surface area contributed by atoms with Crippen molar-refractivity contribution < 1.29 is 4.74 Å². The van der Waals surface area contributed by atoms with Crippen molar-refractivity contribution in [1.29, 1.82) is 0 Å². The average molecular weight is 274 g/mol. The van der Waals surface area contributed by atoms with Crippen LogP contribution in [0, 0.1) is 6.92 Å². The summed E-state index contributed by atoms with van der Waals surface area (Å²) < 4.78 is 7.81. The second-order valence-electron chi connectivity index (χ2n) is 5.03. The molecule has 0 bridgehead atoms. The van der Waals surface area contributed by atoms with E-state index in [4.69, 9.17) is 10.5 Å². The molecular formula is C15H22N4O. The van der Waals surface area contributed by atoms with Gasteiger partial charge in [-0.25, -0.2) is 9.67 Å².